The summed E-state index contributed by atoms with van der Waals surface area (Å²) in [7, 11) is 0. The molecule has 0 aromatic heterocycles. The van der Waals surface area contributed by atoms with E-state index in [0.717, 1.165) is 25.1 Å². The average Bonchev–Trinajstić information content (AvgIpc) is 2.40. The second-order valence-electron chi connectivity index (χ2n) is 6.49. The third kappa shape index (κ3) is 3.71. The molecule has 20 heavy (non-hydrogen) atoms. The molecule has 0 spiro atoms. The number of nitrogens with zero attached hydrogens (tertiary/aromatic N) is 1. The minimum absolute atomic E-state index is 0.197. The van der Waals surface area contributed by atoms with Gasteiger partial charge in [-0.1, -0.05) is 20.8 Å². The fourth-order valence-corrected chi connectivity index (χ4v) is 2.54. The summed E-state index contributed by atoms with van der Waals surface area (Å²) in [5, 5.41) is 3.38. The van der Waals surface area contributed by atoms with Gasteiger partial charge in [0, 0.05) is 30.2 Å². The number of anilines is 1. The van der Waals surface area contributed by atoms with Crippen LogP contribution in [0.5, 0.6) is 0 Å². The first-order chi connectivity index (χ1) is 9.36. The Labute approximate surface area is 120 Å². The van der Waals surface area contributed by atoms with Gasteiger partial charge in [-0.15, -0.1) is 0 Å². The van der Waals surface area contributed by atoms with Crippen molar-refractivity contribution < 1.29 is 9.18 Å². The molecule has 0 aliphatic carbocycles. The standard InChI is InChI=1S/C16H23FN2O/c1-16(2,3)15(20)19-10-4-5-14(11-19)18-13-8-6-12(17)7-9-13/h6-9,14,18H,4-5,10-11H2,1-3H3. The number of hydrogen-bond donors (Lipinski definition) is 1. The maximum Gasteiger partial charge on any atom is 0.228 e. The Balaban J connectivity index is 1.97. The van der Waals surface area contributed by atoms with Gasteiger partial charge in [0.2, 0.25) is 5.91 Å². The summed E-state index contributed by atoms with van der Waals surface area (Å²) in [6.45, 7) is 7.40. The highest BCUT2D eigenvalue weighted by Crippen LogP contribution is 2.22. The van der Waals surface area contributed by atoms with Gasteiger partial charge in [-0.3, -0.25) is 4.79 Å². The van der Waals surface area contributed by atoms with Crippen molar-refractivity contribution in [2.45, 2.75) is 39.7 Å². The van der Waals surface area contributed by atoms with E-state index >= 15 is 0 Å². The van der Waals surface area contributed by atoms with E-state index in [4.69, 9.17) is 0 Å². The van der Waals surface area contributed by atoms with Crippen LogP contribution in [0.4, 0.5) is 10.1 Å². The van der Waals surface area contributed by atoms with Crippen LogP contribution in [0.2, 0.25) is 0 Å². The summed E-state index contributed by atoms with van der Waals surface area (Å²) in [5.41, 5.74) is 0.569. The van der Waals surface area contributed by atoms with Crippen LogP contribution in [0.25, 0.3) is 0 Å². The highest BCUT2D eigenvalue weighted by Gasteiger charge is 2.30. The zero-order valence-corrected chi connectivity index (χ0v) is 12.4. The highest BCUT2D eigenvalue weighted by atomic mass is 19.1. The second kappa shape index (κ2) is 5.81. The van der Waals surface area contributed by atoms with Gasteiger partial charge in [0.25, 0.3) is 0 Å². The molecule has 3 nitrogen and oxygen atoms in total. The molecule has 110 valence electrons. The van der Waals surface area contributed by atoms with Crippen LogP contribution in [-0.2, 0) is 4.79 Å². The molecule has 1 N–H and O–H groups in total. The van der Waals surface area contributed by atoms with Gasteiger partial charge >= 0.3 is 0 Å². The quantitative estimate of drug-likeness (QED) is 0.900. The van der Waals surface area contributed by atoms with Gasteiger partial charge in [-0.05, 0) is 37.1 Å². The van der Waals surface area contributed by atoms with E-state index in [2.05, 4.69) is 5.32 Å². The Bertz CT molecular complexity index is 464. The molecular weight excluding hydrogens is 255 g/mol. The third-order valence-electron chi connectivity index (χ3n) is 3.57. The lowest BCUT2D eigenvalue weighted by molar-refractivity contribution is -0.140. The normalized spacial score (nSPS) is 19.8. The lowest BCUT2D eigenvalue weighted by Crippen LogP contribution is -2.48. The average molecular weight is 278 g/mol. The summed E-state index contributed by atoms with van der Waals surface area (Å²) >= 11 is 0. The first-order valence-corrected chi connectivity index (χ1v) is 7.18. The topological polar surface area (TPSA) is 32.3 Å². The molecule has 1 aromatic carbocycles. The molecule has 1 atom stereocenters. The van der Waals surface area contributed by atoms with E-state index < -0.39 is 0 Å². The number of hydrogen-bond acceptors (Lipinski definition) is 2. The van der Waals surface area contributed by atoms with E-state index in [1.54, 1.807) is 12.1 Å². The highest BCUT2D eigenvalue weighted by molar-refractivity contribution is 5.81. The maximum absolute atomic E-state index is 12.9. The van der Waals surface area contributed by atoms with Crippen LogP contribution in [0.1, 0.15) is 33.6 Å². The van der Waals surface area contributed by atoms with Crippen LogP contribution in [-0.4, -0.2) is 29.9 Å². The minimum Gasteiger partial charge on any atom is -0.381 e. The lowest BCUT2D eigenvalue weighted by Gasteiger charge is -2.37. The molecular formula is C16H23FN2O. The molecule has 1 heterocycles. The van der Waals surface area contributed by atoms with Crippen molar-refractivity contribution in [3.63, 3.8) is 0 Å². The molecule has 0 radical (unpaired) electrons. The third-order valence-corrected chi connectivity index (χ3v) is 3.57. The number of rotatable bonds is 2. The minimum atomic E-state index is -0.336. The maximum atomic E-state index is 12.9. The number of carbonyl (C=O) groups is 1. The zero-order valence-electron chi connectivity index (χ0n) is 12.4. The number of amides is 1. The predicted octanol–water partition coefficient (Wildman–Crippen LogP) is 3.27. The van der Waals surface area contributed by atoms with Gasteiger partial charge in [-0.2, -0.15) is 0 Å². The Morgan fingerprint density at radius 1 is 1.30 bits per heavy atom. The molecule has 1 fully saturated rings. The molecule has 1 unspecified atom stereocenters. The van der Waals surface area contributed by atoms with E-state index in [-0.39, 0.29) is 23.2 Å². The van der Waals surface area contributed by atoms with Crippen molar-refractivity contribution in [1.82, 2.24) is 4.90 Å². The van der Waals surface area contributed by atoms with E-state index in [0.29, 0.717) is 6.54 Å². The van der Waals surface area contributed by atoms with Gasteiger partial charge < -0.3 is 10.2 Å². The summed E-state index contributed by atoms with van der Waals surface area (Å²) in [5.74, 6) is -0.0353. The first-order valence-electron chi connectivity index (χ1n) is 7.18. The number of halogens is 1. The number of nitrogens with one attached hydrogen (secondary N) is 1. The Kier molecular flexibility index (Phi) is 4.31. The molecule has 0 bridgehead atoms. The van der Waals surface area contributed by atoms with Crippen LogP contribution in [0, 0.1) is 11.2 Å². The number of likely N-dealkylation sites (tertiary alicyclic amines) is 1. The lowest BCUT2D eigenvalue weighted by atomic mass is 9.93. The molecule has 1 aliphatic heterocycles. The summed E-state index contributed by atoms with van der Waals surface area (Å²) in [6, 6.07) is 6.60. The monoisotopic (exact) mass is 278 g/mol. The van der Waals surface area contributed by atoms with Crippen molar-refractivity contribution in [2.24, 2.45) is 5.41 Å². The number of benzene rings is 1. The zero-order chi connectivity index (χ0) is 14.8. The summed E-state index contributed by atoms with van der Waals surface area (Å²) in [4.78, 5) is 14.2. The Morgan fingerprint density at radius 3 is 2.55 bits per heavy atom. The second-order valence-corrected chi connectivity index (χ2v) is 6.49. The van der Waals surface area contributed by atoms with Gasteiger partial charge in [0.05, 0.1) is 0 Å². The van der Waals surface area contributed by atoms with Crippen LogP contribution >= 0.6 is 0 Å². The summed E-state index contributed by atoms with van der Waals surface area (Å²) in [6.07, 6.45) is 2.03. The fraction of sp³-hybridized carbons (Fsp3) is 0.562. The smallest absolute Gasteiger partial charge is 0.228 e. The SMILES string of the molecule is CC(C)(C)C(=O)N1CCCC(Nc2ccc(F)cc2)C1. The van der Waals surface area contributed by atoms with E-state index in [9.17, 15) is 9.18 Å². The Hall–Kier alpha value is -1.58. The fourth-order valence-electron chi connectivity index (χ4n) is 2.54. The summed E-state index contributed by atoms with van der Waals surface area (Å²) < 4.78 is 12.9. The van der Waals surface area contributed by atoms with E-state index in [1.807, 2.05) is 25.7 Å². The molecule has 1 aliphatic rings. The molecule has 2 rings (SSSR count). The number of carbonyl (C=O) groups excluding carboxylic acids is 1. The largest absolute Gasteiger partial charge is 0.381 e. The van der Waals surface area contributed by atoms with Crippen molar-refractivity contribution in [1.29, 1.82) is 0 Å². The van der Waals surface area contributed by atoms with Crippen molar-refractivity contribution >= 4 is 11.6 Å². The van der Waals surface area contributed by atoms with Crippen molar-refractivity contribution in [3.05, 3.63) is 30.1 Å². The van der Waals surface area contributed by atoms with Crippen LogP contribution in [0.15, 0.2) is 24.3 Å². The molecule has 4 heteroatoms. The number of piperidine rings is 1. The van der Waals surface area contributed by atoms with Crippen molar-refractivity contribution in [3.8, 4) is 0 Å². The first kappa shape index (κ1) is 14.8. The molecule has 1 saturated heterocycles. The molecule has 1 amide bonds. The predicted molar refractivity (Wildman–Crippen MR) is 79.1 cm³/mol. The van der Waals surface area contributed by atoms with Crippen molar-refractivity contribution in [2.75, 3.05) is 18.4 Å². The van der Waals surface area contributed by atoms with Crippen LogP contribution < -0.4 is 5.32 Å². The van der Waals surface area contributed by atoms with Gasteiger partial charge in [-0.25, -0.2) is 4.39 Å². The van der Waals surface area contributed by atoms with Gasteiger partial charge in [0.15, 0.2) is 0 Å². The van der Waals surface area contributed by atoms with E-state index in [1.165, 1.54) is 12.1 Å². The Morgan fingerprint density at radius 2 is 1.95 bits per heavy atom. The molecule has 0 saturated carbocycles. The van der Waals surface area contributed by atoms with Gasteiger partial charge in [0.1, 0.15) is 5.82 Å². The molecule has 1 aromatic rings. The van der Waals surface area contributed by atoms with Crippen LogP contribution in [0.3, 0.4) is 0 Å².